The van der Waals surface area contributed by atoms with Gasteiger partial charge in [-0.25, -0.2) is 0 Å². The van der Waals surface area contributed by atoms with Crippen LogP contribution in [0.5, 0.6) is 0 Å². The fourth-order valence-corrected chi connectivity index (χ4v) is 1.99. The molecule has 2 atom stereocenters. The van der Waals surface area contributed by atoms with Gasteiger partial charge in [-0.05, 0) is 43.9 Å². The van der Waals surface area contributed by atoms with Crippen molar-refractivity contribution in [1.82, 2.24) is 0 Å². The third kappa shape index (κ3) is 1.11. The third-order valence-electron chi connectivity index (χ3n) is 2.73. The molecule has 0 aliphatic heterocycles. The molecule has 0 saturated heterocycles. The van der Waals surface area contributed by atoms with E-state index in [4.69, 9.17) is 0 Å². The molecule has 0 spiro atoms. The molecule has 0 radical (unpaired) electrons. The molecule has 1 N–H and O–H groups in total. The summed E-state index contributed by atoms with van der Waals surface area (Å²) in [6, 6.07) is 0. The molecular formula is C8H14O. The molecule has 1 heteroatoms. The van der Waals surface area contributed by atoms with Crippen LogP contribution in [0.25, 0.3) is 0 Å². The van der Waals surface area contributed by atoms with Crippen LogP contribution in [-0.4, -0.2) is 11.2 Å². The number of rotatable bonds is 1. The molecule has 1 nitrogen and oxygen atoms in total. The summed E-state index contributed by atoms with van der Waals surface area (Å²) in [6.07, 6.45) is 6.41. The summed E-state index contributed by atoms with van der Waals surface area (Å²) in [5.41, 5.74) is 0. The van der Waals surface area contributed by atoms with Crippen molar-refractivity contribution < 1.29 is 5.11 Å². The second kappa shape index (κ2) is 1.98. The fraction of sp³-hybridized carbons (Fsp3) is 1.00. The minimum atomic E-state index is 0.0515. The fourth-order valence-electron chi connectivity index (χ4n) is 1.99. The number of aliphatic hydroxyl groups is 1. The van der Waals surface area contributed by atoms with Crippen molar-refractivity contribution in [3.8, 4) is 0 Å². The molecule has 2 saturated carbocycles. The molecule has 52 valence electrons. The predicted molar refractivity (Wildman–Crippen MR) is 36.1 cm³/mol. The standard InChI is InChI=1S/C8H14O/c9-8-4-3-7(5-8)6-1-2-6/h6-9H,1-5H2. The molecule has 0 amide bonds. The summed E-state index contributed by atoms with van der Waals surface area (Å²) in [5.74, 6) is 1.92. The second-order valence-corrected chi connectivity index (χ2v) is 3.56. The number of hydrogen-bond donors (Lipinski definition) is 1. The Morgan fingerprint density at radius 1 is 0.889 bits per heavy atom. The molecule has 2 rings (SSSR count). The van der Waals surface area contributed by atoms with Gasteiger partial charge in [-0.3, -0.25) is 0 Å². The van der Waals surface area contributed by atoms with E-state index in [-0.39, 0.29) is 6.10 Å². The molecule has 2 aliphatic rings. The Kier molecular flexibility index (Phi) is 1.26. The van der Waals surface area contributed by atoms with Gasteiger partial charge in [0.1, 0.15) is 0 Å². The lowest BCUT2D eigenvalue weighted by Crippen LogP contribution is -2.01. The number of aliphatic hydroxyl groups excluding tert-OH is 1. The second-order valence-electron chi connectivity index (χ2n) is 3.56. The van der Waals surface area contributed by atoms with Gasteiger partial charge < -0.3 is 5.11 Å². The van der Waals surface area contributed by atoms with Gasteiger partial charge in [-0.2, -0.15) is 0 Å². The molecule has 2 fully saturated rings. The molecule has 0 aromatic rings. The first-order valence-electron chi connectivity index (χ1n) is 4.04. The molecule has 2 aliphatic carbocycles. The van der Waals surface area contributed by atoms with Gasteiger partial charge in [0.05, 0.1) is 6.10 Å². The highest BCUT2D eigenvalue weighted by molar-refractivity contribution is 4.87. The van der Waals surface area contributed by atoms with Crippen LogP contribution in [0.2, 0.25) is 0 Å². The zero-order chi connectivity index (χ0) is 6.27. The van der Waals surface area contributed by atoms with Crippen LogP contribution in [0.4, 0.5) is 0 Å². The van der Waals surface area contributed by atoms with Gasteiger partial charge in [0, 0.05) is 0 Å². The van der Waals surface area contributed by atoms with Crippen molar-refractivity contribution in [1.29, 1.82) is 0 Å². The maximum Gasteiger partial charge on any atom is 0.0543 e. The highest BCUT2D eigenvalue weighted by Gasteiger charge is 2.35. The van der Waals surface area contributed by atoms with Crippen molar-refractivity contribution in [2.24, 2.45) is 11.8 Å². The van der Waals surface area contributed by atoms with E-state index < -0.39 is 0 Å². The molecule has 0 heterocycles. The molecule has 0 aromatic carbocycles. The van der Waals surface area contributed by atoms with Crippen LogP contribution in [0.1, 0.15) is 32.1 Å². The van der Waals surface area contributed by atoms with Gasteiger partial charge in [0.25, 0.3) is 0 Å². The topological polar surface area (TPSA) is 20.2 Å². The smallest absolute Gasteiger partial charge is 0.0543 e. The van der Waals surface area contributed by atoms with Gasteiger partial charge in [0.15, 0.2) is 0 Å². The van der Waals surface area contributed by atoms with Gasteiger partial charge >= 0.3 is 0 Å². The maximum atomic E-state index is 9.18. The Balaban J connectivity index is 1.86. The zero-order valence-corrected chi connectivity index (χ0v) is 5.71. The summed E-state index contributed by atoms with van der Waals surface area (Å²) < 4.78 is 0. The minimum absolute atomic E-state index is 0.0515. The van der Waals surface area contributed by atoms with Crippen molar-refractivity contribution >= 4 is 0 Å². The Hall–Kier alpha value is -0.0400. The van der Waals surface area contributed by atoms with Gasteiger partial charge in [0.2, 0.25) is 0 Å². The monoisotopic (exact) mass is 126 g/mol. The molecule has 0 bridgehead atoms. The largest absolute Gasteiger partial charge is 0.393 e. The summed E-state index contributed by atoms with van der Waals surface area (Å²) in [6.45, 7) is 0. The molecule has 9 heavy (non-hydrogen) atoms. The first-order valence-corrected chi connectivity index (χ1v) is 4.04. The zero-order valence-electron chi connectivity index (χ0n) is 5.71. The Bertz CT molecular complexity index is 107. The molecule has 0 aromatic heterocycles. The lowest BCUT2D eigenvalue weighted by atomic mass is 10.0. The van der Waals surface area contributed by atoms with Crippen LogP contribution >= 0.6 is 0 Å². The summed E-state index contributed by atoms with van der Waals surface area (Å²) in [4.78, 5) is 0. The van der Waals surface area contributed by atoms with E-state index >= 15 is 0 Å². The van der Waals surface area contributed by atoms with Crippen molar-refractivity contribution in [3.05, 3.63) is 0 Å². The molecular weight excluding hydrogens is 112 g/mol. The average Bonchev–Trinajstić information content (AvgIpc) is 2.58. The quantitative estimate of drug-likeness (QED) is 0.565. The van der Waals surface area contributed by atoms with Crippen LogP contribution in [0.15, 0.2) is 0 Å². The van der Waals surface area contributed by atoms with E-state index in [0.717, 1.165) is 24.7 Å². The van der Waals surface area contributed by atoms with Gasteiger partial charge in [-0.15, -0.1) is 0 Å². The predicted octanol–water partition coefficient (Wildman–Crippen LogP) is 1.56. The van der Waals surface area contributed by atoms with Crippen molar-refractivity contribution in [2.75, 3.05) is 0 Å². The van der Waals surface area contributed by atoms with Crippen LogP contribution in [0.3, 0.4) is 0 Å². The summed E-state index contributed by atoms with van der Waals surface area (Å²) in [7, 11) is 0. The van der Waals surface area contributed by atoms with Crippen molar-refractivity contribution in [3.63, 3.8) is 0 Å². The Morgan fingerprint density at radius 2 is 1.56 bits per heavy atom. The van der Waals surface area contributed by atoms with E-state index in [2.05, 4.69) is 0 Å². The highest BCUT2D eigenvalue weighted by Crippen LogP contribution is 2.44. The first kappa shape index (κ1) is 5.72. The number of hydrogen-bond acceptors (Lipinski definition) is 1. The van der Waals surface area contributed by atoms with E-state index in [1.54, 1.807) is 0 Å². The lowest BCUT2D eigenvalue weighted by molar-refractivity contribution is 0.176. The third-order valence-corrected chi connectivity index (χ3v) is 2.73. The van der Waals surface area contributed by atoms with Crippen LogP contribution in [-0.2, 0) is 0 Å². The SMILES string of the molecule is OC1CCC(C2CC2)C1. The summed E-state index contributed by atoms with van der Waals surface area (Å²) in [5, 5.41) is 9.18. The van der Waals surface area contributed by atoms with E-state index in [9.17, 15) is 5.11 Å². The molecule has 2 unspecified atom stereocenters. The van der Waals surface area contributed by atoms with Crippen LogP contribution in [0, 0.1) is 11.8 Å². The van der Waals surface area contributed by atoms with Crippen LogP contribution < -0.4 is 0 Å². The summed E-state index contributed by atoms with van der Waals surface area (Å²) >= 11 is 0. The van der Waals surface area contributed by atoms with Gasteiger partial charge in [-0.1, -0.05) is 0 Å². The average molecular weight is 126 g/mol. The highest BCUT2D eigenvalue weighted by atomic mass is 16.3. The van der Waals surface area contributed by atoms with E-state index in [1.165, 1.54) is 19.3 Å². The first-order chi connectivity index (χ1) is 4.36. The lowest BCUT2D eigenvalue weighted by Gasteiger charge is -2.04. The van der Waals surface area contributed by atoms with E-state index in [0.29, 0.717) is 0 Å². The van der Waals surface area contributed by atoms with Crippen molar-refractivity contribution in [2.45, 2.75) is 38.2 Å². The normalized spacial score (nSPS) is 43.7. The maximum absolute atomic E-state index is 9.18. The Morgan fingerprint density at radius 3 is 2.00 bits per heavy atom. The van der Waals surface area contributed by atoms with E-state index in [1.807, 2.05) is 0 Å². The Labute approximate surface area is 56.1 Å². The minimum Gasteiger partial charge on any atom is -0.393 e.